The van der Waals surface area contributed by atoms with Crippen LogP contribution in [0.4, 0.5) is 0 Å². The van der Waals surface area contributed by atoms with E-state index in [9.17, 15) is 24.6 Å². The van der Waals surface area contributed by atoms with Crippen LogP contribution in [-0.2, 0) is 0 Å². The highest BCUT2D eigenvalue weighted by Gasteiger charge is 2.26. The van der Waals surface area contributed by atoms with Gasteiger partial charge in [-0.05, 0) is 37.1 Å². The molecule has 2 N–H and O–H groups in total. The maximum Gasteiger partial charge on any atom is 0.338 e. The lowest BCUT2D eigenvalue weighted by molar-refractivity contribution is 0.0652. The number of carboxylic acids is 2. The van der Waals surface area contributed by atoms with Crippen molar-refractivity contribution < 1.29 is 19.8 Å². The Morgan fingerprint density at radius 1 is 0.957 bits per heavy atom. The Morgan fingerprint density at radius 3 is 2.17 bits per heavy atom. The molecule has 23 heavy (non-hydrogen) atoms. The molecule has 1 heterocycles. The molecule has 0 saturated heterocycles. The van der Waals surface area contributed by atoms with Crippen LogP contribution in [0.1, 0.15) is 31.8 Å². The summed E-state index contributed by atoms with van der Waals surface area (Å²) in [6, 6.07) is 6.91. The summed E-state index contributed by atoms with van der Waals surface area (Å²) in [6.07, 6.45) is 0. The highest BCUT2D eigenvalue weighted by molar-refractivity contribution is 7.25. The lowest BCUT2D eigenvalue weighted by atomic mass is 9.93. The van der Waals surface area contributed by atoms with E-state index < -0.39 is 11.9 Å². The highest BCUT2D eigenvalue weighted by Crippen LogP contribution is 2.34. The molecule has 0 aliphatic rings. The standard InChI is InChI=1S/C17H12O5S/c1-7-8(2)12-14(18)9-5-3-4-6-10(9)23-15(12)13(17(21)22)11(7)16(19)20/h3-6H,1-2H3,(H,19,20)(H,21,22). The van der Waals surface area contributed by atoms with Gasteiger partial charge >= 0.3 is 11.9 Å². The van der Waals surface area contributed by atoms with Crippen molar-refractivity contribution in [2.45, 2.75) is 13.8 Å². The van der Waals surface area contributed by atoms with Crippen LogP contribution < -0.4 is 5.43 Å². The first-order chi connectivity index (χ1) is 10.8. The fourth-order valence-corrected chi connectivity index (χ4v) is 4.08. The van der Waals surface area contributed by atoms with Gasteiger partial charge in [-0.3, -0.25) is 4.79 Å². The fourth-order valence-electron chi connectivity index (χ4n) is 2.81. The molecule has 2 aromatic carbocycles. The monoisotopic (exact) mass is 328 g/mol. The molecule has 0 aliphatic carbocycles. The third kappa shape index (κ3) is 2.10. The van der Waals surface area contributed by atoms with Gasteiger partial charge in [0, 0.05) is 15.5 Å². The van der Waals surface area contributed by atoms with Gasteiger partial charge in [0.25, 0.3) is 0 Å². The summed E-state index contributed by atoms with van der Waals surface area (Å²) in [7, 11) is 0. The summed E-state index contributed by atoms with van der Waals surface area (Å²) in [5.41, 5.74) is -0.0253. The summed E-state index contributed by atoms with van der Waals surface area (Å²) in [4.78, 5) is 36.0. The van der Waals surface area contributed by atoms with Crippen LogP contribution in [0.3, 0.4) is 0 Å². The average molecular weight is 328 g/mol. The van der Waals surface area contributed by atoms with Gasteiger partial charge in [-0.25, -0.2) is 9.59 Å². The second-order valence-electron chi connectivity index (χ2n) is 5.24. The minimum atomic E-state index is -1.35. The first kappa shape index (κ1) is 15.2. The van der Waals surface area contributed by atoms with E-state index in [-0.39, 0.29) is 26.6 Å². The number of aryl methyl sites for hydroxylation is 1. The third-order valence-electron chi connectivity index (χ3n) is 4.02. The molecule has 0 radical (unpaired) electrons. The molecule has 3 aromatic rings. The van der Waals surface area contributed by atoms with Crippen molar-refractivity contribution in [2.75, 3.05) is 0 Å². The van der Waals surface area contributed by atoms with Crippen molar-refractivity contribution >= 4 is 43.4 Å². The number of benzene rings is 2. The Morgan fingerprint density at radius 2 is 1.57 bits per heavy atom. The van der Waals surface area contributed by atoms with E-state index in [1.54, 1.807) is 31.2 Å². The van der Waals surface area contributed by atoms with Crippen LogP contribution in [0.25, 0.3) is 20.2 Å². The smallest absolute Gasteiger partial charge is 0.338 e. The van der Waals surface area contributed by atoms with Crippen LogP contribution in [0.5, 0.6) is 0 Å². The van der Waals surface area contributed by atoms with Crippen molar-refractivity contribution in [3.63, 3.8) is 0 Å². The normalized spacial score (nSPS) is 11.0. The predicted molar refractivity (Wildman–Crippen MR) is 89.0 cm³/mol. The molecule has 0 unspecified atom stereocenters. The van der Waals surface area contributed by atoms with Gasteiger partial charge in [0.05, 0.1) is 15.8 Å². The van der Waals surface area contributed by atoms with Gasteiger partial charge in [-0.2, -0.15) is 0 Å². The summed E-state index contributed by atoms with van der Waals surface area (Å²) in [6.45, 7) is 3.18. The van der Waals surface area contributed by atoms with Crippen LogP contribution in [-0.4, -0.2) is 22.2 Å². The average Bonchev–Trinajstić information content (AvgIpc) is 2.49. The van der Waals surface area contributed by atoms with Crippen molar-refractivity contribution in [3.05, 3.63) is 56.7 Å². The molecule has 3 rings (SSSR count). The lowest BCUT2D eigenvalue weighted by Gasteiger charge is -2.13. The molecule has 0 atom stereocenters. The van der Waals surface area contributed by atoms with Gasteiger partial charge in [0.1, 0.15) is 0 Å². The van der Waals surface area contributed by atoms with E-state index >= 15 is 0 Å². The summed E-state index contributed by atoms with van der Waals surface area (Å²) in [5.74, 6) is -2.65. The number of carbonyl (C=O) groups is 2. The molecular weight excluding hydrogens is 316 g/mol. The molecule has 0 amide bonds. The largest absolute Gasteiger partial charge is 0.478 e. The number of hydrogen-bond acceptors (Lipinski definition) is 4. The third-order valence-corrected chi connectivity index (χ3v) is 5.20. The van der Waals surface area contributed by atoms with E-state index in [1.165, 1.54) is 6.92 Å². The first-order valence-corrected chi connectivity index (χ1v) is 7.61. The zero-order chi connectivity index (χ0) is 16.9. The number of rotatable bonds is 2. The van der Waals surface area contributed by atoms with E-state index in [1.807, 2.05) is 0 Å². The number of fused-ring (bicyclic) bond motifs is 2. The zero-order valence-electron chi connectivity index (χ0n) is 12.3. The van der Waals surface area contributed by atoms with E-state index in [2.05, 4.69) is 0 Å². The Kier molecular flexibility index (Phi) is 3.41. The predicted octanol–water partition coefficient (Wildman–Crippen LogP) is 3.43. The number of aromatic carboxylic acids is 2. The molecule has 0 aliphatic heterocycles. The summed E-state index contributed by atoms with van der Waals surface area (Å²) < 4.78 is 0.841. The Balaban J connectivity index is 2.72. The van der Waals surface area contributed by atoms with E-state index in [0.29, 0.717) is 21.2 Å². The van der Waals surface area contributed by atoms with Gasteiger partial charge in [-0.15, -0.1) is 11.3 Å². The van der Waals surface area contributed by atoms with Crippen molar-refractivity contribution in [2.24, 2.45) is 0 Å². The van der Waals surface area contributed by atoms with Crippen LogP contribution in [0.2, 0.25) is 0 Å². The summed E-state index contributed by atoms with van der Waals surface area (Å²) >= 11 is 1.13. The second-order valence-corrected chi connectivity index (χ2v) is 6.29. The van der Waals surface area contributed by atoms with Crippen LogP contribution in [0, 0.1) is 13.8 Å². The molecule has 0 spiro atoms. The molecule has 116 valence electrons. The maximum absolute atomic E-state index is 12.8. The van der Waals surface area contributed by atoms with E-state index in [4.69, 9.17) is 0 Å². The SMILES string of the molecule is Cc1c(C(=O)O)c(C(=O)O)c2sc3ccccc3c(=O)c2c1C. The van der Waals surface area contributed by atoms with Gasteiger partial charge in [0.15, 0.2) is 5.43 Å². The Labute approximate surface area is 134 Å². The second kappa shape index (κ2) is 5.17. The highest BCUT2D eigenvalue weighted by atomic mass is 32.1. The van der Waals surface area contributed by atoms with Gasteiger partial charge in [-0.1, -0.05) is 12.1 Å². The van der Waals surface area contributed by atoms with Crippen molar-refractivity contribution in [1.82, 2.24) is 0 Å². The fraction of sp³-hybridized carbons (Fsp3) is 0.118. The molecular formula is C17H12O5S. The van der Waals surface area contributed by atoms with Crippen molar-refractivity contribution in [3.8, 4) is 0 Å². The minimum absolute atomic E-state index is 0.210. The van der Waals surface area contributed by atoms with Gasteiger partial charge in [0.2, 0.25) is 0 Å². The Bertz CT molecular complexity index is 1060. The minimum Gasteiger partial charge on any atom is -0.478 e. The zero-order valence-corrected chi connectivity index (χ0v) is 13.2. The van der Waals surface area contributed by atoms with Gasteiger partial charge < -0.3 is 10.2 Å². The molecule has 0 bridgehead atoms. The van der Waals surface area contributed by atoms with E-state index in [0.717, 1.165) is 11.3 Å². The molecule has 6 heteroatoms. The number of carboxylic acid groups (broad SMARTS) is 2. The number of hydrogen-bond donors (Lipinski definition) is 2. The van der Waals surface area contributed by atoms with Crippen LogP contribution >= 0.6 is 11.3 Å². The first-order valence-electron chi connectivity index (χ1n) is 6.80. The summed E-state index contributed by atoms with van der Waals surface area (Å²) in [5, 5.41) is 19.7. The molecule has 1 aromatic heterocycles. The quantitative estimate of drug-likeness (QED) is 0.703. The molecule has 0 fully saturated rings. The lowest BCUT2D eigenvalue weighted by Crippen LogP contribution is -2.15. The molecule has 0 saturated carbocycles. The van der Waals surface area contributed by atoms with Crippen molar-refractivity contribution in [1.29, 1.82) is 0 Å². The maximum atomic E-state index is 12.8. The Hall–Kier alpha value is -2.73. The van der Waals surface area contributed by atoms with Crippen LogP contribution in [0.15, 0.2) is 29.1 Å². The topological polar surface area (TPSA) is 91.7 Å². The molecule has 5 nitrogen and oxygen atoms in total.